The number of hydrogen-bond acceptors (Lipinski definition) is 0. The maximum absolute atomic E-state index is 3.54. The molecule has 0 spiro atoms. The lowest BCUT2D eigenvalue weighted by molar-refractivity contribution is 0.630. The zero-order chi connectivity index (χ0) is 6.69. The third-order valence-electron chi connectivity index (χ3n) is 1.91. The van der Waals surface area contributed by atoms with E-state index in [1.807, 2.05) is 0 Å². The van der Waals surface area contributed by atoms with Gasteiger partial charge >= 0.3 is 0 Å². The van der Waals surface area contributed by atoms with Gasteiger partial charge in [0.2, 0.25) is 0 Å². The second-order valence-electron chi connectivity index (χ2n) is 3.16. The van der Waals surface area contributed by atoms with E-state index in [2.05, 4.69) is 22.9 Å². The molecule has 0 N–H and O–H groups in total. The number of alkyl halides is 1. The summed E-state index contributed by atoms with van der Waals surface area (Å²) in [6.45, 7) is 2.23. The summed E-state index contributed by atoms with van der Waals surface area (Å²) in [6, 6.07) is 0. The highest BCUT2D eigenvalue weighted by Gasteiger charge is 2.20. The van der Waals surface area contributed by atoms with Crippen molar-refractivity contribution >= 4 is 15.9 Å². The fourth-order valence-electron chi connectivity index (χ4n) is 1.09. The predicted octanol–water partition coefficient (Wildman–Crippen LogP) is 3.35. The van der Waals surface area contributed by atoms with E-state index >= 15 is 0 Å². The van der Waals surface area contributed by atoms with Crippen LogP contribution in [0.2, 0.25) is 0 Å². The smallest absolute Gasteiger partial charge is 0.0117 e. The molecule has 0 aliphatic heterocycles. The minimum Gasteiger partial charge on any atom is -0.0894 e. The van der Waals surface area contributed by atoms with Crippen molar-refractivity contribution < 1.29 is 0 Å². The minimum atomic E-state index is 0.733. The van der Waals surface area contributed by atoms with Gasteiger partial charge in [-0.3, -0.25) is 0 Å². The van der Waals surface area contributed by atoms with Crippen molar-refractivity contribution in [1.82, 2.24) is 0 Å². The van der Waals surface area contributed by atoms with Gasteiger partial charge in [0.15, 0.2) is 0 Å². The van der Waals surface area contributed by atoms with Gasteiger partial charge in [-0.05, 0) is 12.3 Å². The minimum absolute atomic E-state index is 0.733. The third-order valence-corrected chi connectivity index (χ3v) is 2.37. The maximum Gasteiger partial charge on any atom is 0.0117 e. The molecule has 0 nitrogen and oxygen atoms in total. The van der Waals surface area contributed by atoms with Crippen molar-refractivity contribution in [3.8, 4) is 0 Å². The molecule has 0 aromatic rings. The molecule has 0 radical (unpaired) electrons. The summed E-state index contributed by atoms with van der Waals surface area (Å²) in [4.78, 5) is 0.733. The molecular weight excluding hydrogens is 176 g/mol. The van der Waals surface area contributed by atoms with Gasteiger partial charge in [0.1, 0.15) is 0 Å². The Morgan fingerprint density at radius 1 is 1.56 bits per heavy atom. The fourth-order valence-corrected chi connectivity index (χ4v) is 1.42. The molecule has 0 bridgehead atoms. The van der Waals surface area contributed by atoms with Crippen LogP contribution in [0.3, 0.4) is 0 Å². The lowest BCUT2D eigenvalue weighted by Crippen LogP contribution is -1.89. The molecular formula is C8H15Br. The summed E-state index contributed by atoms with van der Waals surface area (Å²) >= 11 is 3.54. The summed E-state index contributed by atoms with van der Waals surface area (Å²) < 4.78 is 0. The first kappa shape index (κ1) is 7.59. The zero-order valence-corrected chi connectivity index (χ0v) is 7.65. The SMILES string of the molecule is CC(Br)CCCC1CC1. The second kappa shape index (κ2) is 3.60. The van der Waals surface area contributed by atoms with Gasteiger partial charge in [-0.2, -0.15) is 0 Å². The van der Waals surface area contributed by atoms with E-state index in [0.29, 0.717) is 0 Å². The molecule has 1 aliphatic carbocycles. The van der Waals surface area contributed by atoms with Crippen molar-refractivity contribution in [1.29, 1.82) is 0 Å². The van der Waals surface area contributed by atoms with Crippen LogP contribution in [0.25, 0.3) is 0 Å². The van der Waals surface area contributed by atoms with Crippen molar-refractivity contribution in [3.63, 3.8) is 0 Å². The van der Waals surface area contributed by atoms with Crippen LogP contribution < -0.4 is 0 Å². The largest absolute Gasteiger partial charge is 0.0894 e. The Labute approximate surface area is 66.2 Å². The lowest BCUT2D eigenvalue weighted by atomic mass is 10.1. The monoisotopic (exact) mass is 190 g/mol. The molecule has 1 heteroatoms. The van der Waals surface area contributed by atoms with Crippen LogP contribution in [0.4, 0.5) is 0 Å². The van der Waals surface area contributed by atoms with Crippen molar-refractivity contribution in [2.45, 2.75) is 43.9 Å². The molecule has 1 saturated carbocycles. The fraction of sp³-hybridized carbons (Fsp3) is 1.00. The molecule has 54 valence electrons. The Hall–Kier alpha value is 0.480. The van der Waals surface area contributed by atoms with Crippen molar-refractivity contribution in [2.24, 2.45) is 5.92 Å². The van der Waals surface area contributed by atoms with E-state index in [0.717, 1.165) is 10.7 Å². The zero-order valence-electron chi connectivity index (χ0n) is 6.07. The van der Waals surface area contributed by atoms with Crippen LogP contribution in [0.5, 0.6) is 0 Å². The molecule has 9 heavy (non-hydrogen) atoms. The Morgan fingerprint density at radius 2 is 2.22 bits per heavy atom. The van der Waals surface area contributed by atoms with E-state index in [4.69, 9.17) is 0 Å². The molecule has 0 aromatic carbocycles. The second-order valence-corrected chi connectivity index (χ2v) is 4.72. The Balaban J connectivity index is 1.81. The van der Waals surface area contributed by atoms with Crippen LogP contribution in [0.1, 0.15) is 39.0 Å². The van der Waals surface area contributed by atoms with Gasteiger partial charge in [0.25, 0.3) is 0 Å². The highest BCUT2D eigenvalue weighted by molar-refractivity contribution is 9.09. The van der Waals surface area contributed by atoms with Crippen molar-refractivity contribution in [2.75, 3.05) is 0 Å². The normalized spacial score (nSPS) is 22.0. The first-order chi connectivity index (χ1) is 4.29. The van der Waals surface area contributed by atoms with Crippen LogP contribution in [-0.2, 0) is 0 Å². The molecule has 1 atom stereocenters. The maximum atomic E-state index is 3.54. The molecule has 0 saturated heterocycles. The Morgan fingerprint density at radius 3 is 2.67 bits per heavy atom. The summed E-state index contributed by atoms with van der Waals surface area (Å²) in [5.41, 5.74) is 0. The van der Waals surface area contributed by atoms with E-state index in [9.17, 15) is 0 Å². The lowest BCUT2D eigenvalue weighted by Gasteiger charge is -2.00. The molecule has 1 rings (SSSR count). The van der Waals surface area contributed by atoms with Gasteiger partial charge in [0.05, 0.1) is 0 Å². The van der Waals surface area contributed by atoms with Gasteiger partial charge in [-0.15, -0.1) is 0 Å². The first-order valence-corrected chi connectivity index (χ1v) is 4.84. The van der Waals surface area contributed by atoms with E-state index < -0.39 is 0 Å². The third kappa shape index (κ3) is 3.96. The summed E-state index contributed by atoms with van der Waals surface area (Å²) in [5, 5.41) is 0. The molecule has 0 amide bonds. The van der Waals surface area contributed by atoms with Crippen LogP contribution in [0, 0.1) is 5.92 Å². The van der Waals surface area contributed by atoms with E-state index in [1.165, 1.54) is 32.1 Å². The van der Waals surface area contributed by atoms with Crippen molar-refractivity contribution in [3.05, 3.63) is 0 Å². The average molecular weight is 191 g/mol. The molecule has 1 unspecified atom stereocenters. The van der Waals surface area contributed by atoms with Crippen LogP contribution >= 0.6 is 15.9 Å². The standard InChI is InChI=1S/C8H15Br/c1-7(9)3-2-4-8-5-6-8/h7-8H,2-6H2,1H3. The van der Waals surface area contributed by atoms with Crippen LogP contribution in [-0.4, -0.2) is 4.83 Å². The Bertz CT molecular complexity index is 72.6. The molecule has 1 aliphatic rings. The average Bonchev–Trinajstić information content (AvgIpc) is 2.48. The van der Waals surface area contributed by atoms with E-state index in [-0.39, 0.29) is 0 Å². The van der Waals surface area contributed by atoms with E-state index in [1.54, 1.807) is 0 Å². The molecule has 0 aromatic heterocycles. The van der Waals surface area contributed by atoms with Gasteiger partial charge in [-0.25, -0.2) is 0 Å². The number of halogens is 1. The Kier molecular flexibility index (Phi) is 3.03. The quantitative estimate of drug-likeness (QED) is 0.597. The van der Waals surface area contributed by atoms with Gasteiger partial charge in [-0.1, -0.05) is 48.5 Å². The number of rotatable bonds is 4. The van der Waals surface area contributed by atoms with Gasteiger partial charge < -0.3 is 0 Å². The van der Waals surface area contributed by atoms with Gasteiger partial charge in [0, 0.05) is 4.83 Å². The molecule has 0 heterocycles. The summed E-state index contributed by atoms with van der Waals surface area (Å²) in [6.07, 6.45) is 7.29. The van der Waals surface area contributed by atoms with Crippen LogP contribution in [0.15, 0.2) is 0 Å². The first-order valence-electron chi connectivity index (χ1n) is 3.93. The highest BCUT2D eigenvalue weighted by atomic mass is 79.9. The summed E-state index contributed by atoms with van der Waals surface area (Å²) in [5.74, 6) is 1.12. The number of hydrogen-bond donors (Lipinski definition) is 0. The predicted molar refractivity (Wildman–Crippen MR) is 45.0 cm³/mol. The highest BCUT2D eigenvalue weighted by Crippen LogP contribution is 2.34. The summed E-state index contributed by atoms with van der Waals surface area (Å²) in [7, 11) is 0. The molecule has 1 fully saturated rings. The topological polar surface area (TPSA) is 0 Å².